The maximum Gasteiger partial charge on any atom is 0.230 e. The molecule has 2 aromatic rings. The van der Waals surface area contributed by atoms with E-state index in [2.05, 4.69) is 22.1 Å². The topological polar surface area (TPSA) is 54.9 Å². The van der Waals surface area contributed by atoms with E-state index < -0.39 is 0 Å². The van der Waals surface area contributed by atoms with Crippen molar-refractivity contribution < 1.29 is 4.79 Å². The van der Waals surface area contributed by atoms with E-state index in [1.54, 1.807) is 6.08 Å². The Morgan fingerprint density at radius 2 is 2.00 bits per heavy atom. The lowest BCUT2D eigenvalue weighted by Crippen LogP contribution is -2.24. The Morgan fingerprint density at radius 3 is 2.65 bits per heavy atom. The summed E-state index contributed by atoms with van der Waals surface area (Å²) in [7, 11) is 0. The van der Waals surface area contributed by atoms with E-state index in [-0.39, 0.29) is 5.91 Å². The molecule has 0 atom stereocenters. The van der Waals surface area contributed by atoms with Gasteiger partial charge in [0.1, 0.15) is 5.03 Å². The van der Waals surface area contributed by atoms with Crippen LogP contribution in [0.15, 0.2) is 60.1 Å². The molecule has 0 unspecified atom stereocenters. The number of carbonyl (C=O) groups is 1. The number of thioether (sulfide) groups is 1. The lowest BCUT2D eigenvalue weighted by Gasteiger charge is -2.03. The summed E-state index contributed by atoms with van der Waals surface area (Å²) in [6.07, 6.45) is 1.65. The first-order valence-electron chi connectivity index (χ1n) is 6.19. The number of benzene rings is 1. The molecular formula is C15H15N3OS. The number of hydrogen-bond acceptors (Lipinski definition) is 4. The number of carbonyl (C=O) groups excluding carboxylic acids is 1. The maximum absolute atomic E-state index is 11.4. The van der Waals surface area contributed by atoms with Crippen molar-refractivity contribution in [3.05, 3.63) is 55.1 Å². The Bertz CT molecular complexity index is 569. The highest BCUT2D eigenvalue weighted by molar-refractivity contribution is 7.99. The molecule has 5 heteroatoms. The molecule has 0 aliphatic heterocycles. The van der Waals surface area contributed by atoms with Crippen LogP contribution in [0, 0.1) is 0 Å². The fraction of sp³-hybridized carbons (Fsp3) is 0.133. The Hall–Kier alpha value is -2.14. The minimum Gasteiger partial charge on any atom is -0.352 e. The summed E-state index contributed by atoms with van der Waals surface area (Å²) >= 11 is 1.36. The zero-order valence-electron chi connectivity index (χ0n) is 11.0. The second-order valence-corrected chi connectivity index (χ2v) is 5.00. The van der Waals surface area contributed by atoms with Crippen molar-refractivity contribution in [3.8, 4) is 11.3 Å². The molecule has 0 saturated carbocycles. The highest BCUT2D eigenvalue weighted by Crippen LogP contribution is 2.19. The van der Waals surface area contributed by atoms with Crippen LogP contribution in [0.5, 0.6) is 0 Å². The van der Waals surface area contributed by atoms with E-state index in [4.69, 9.17) is 0 Å². The number of hydrogen-bond donors (Lipinski definition) is 1. The van der Waals surface area contributed by atoms with Gasteiger partial charge in [-0.15, -0.1) is 16.8 Å². The van der Waals surface area contributed by atoms with Gasteiger partial charge in [-0.25, -0.2) is 0 Å². The maximum atomic E-state index is 11.4. The van der Waals surface area contributed by atoms with Gasteiger partial charge in [0.25, 0.3) is 0 Å². The third-order valence-corrected chi connectivity index (χ3v) is 3.42. The summed E-state index contributed by atoms with van der Waals surface area (Å²) in [4.78, 5) is 11.4. The first-order chi connectivity index (χ1) is 9.79. The van der Waals surface area contributed by atoms with Gasteiger partial charge in [-0.3, -0.25) is 4.79 Å². The van der Waals surface area contributed by atoms with Gasteiger partial charge in [-0.1, -0.05) is 48.2 Å². The van der Waals surface area contributed by atoms with Gasteiger partial charge < -0.3 is 5.32 Å². The normalized spacial score (nSPS) is 10.0. The standard InChI is InChI=1S/C15H15N3OS/c1-2-10-16-14(19)11-20-15-9-8-13(17-18-15)12-6-4-3-5-7-12/h2-9H,1,10-11H2,(H,16,19). The molecule has 2 rings (SSSR count). The zero-order valence-corrected chi connectivity index (χ0v) is 11.8. The van der Waals surface area contributed by atoms with E-state index in [0.717, 1.165) is 16.3 Å². The Labute approximate surface area is 122 Å². The average Bonchev–Trinajstić information content (AvgIpc) is 2.52. The molecule has 102 valence electrons. The highest BCUT2D eigenvalue weighted by atomic mass is 32.2. The number of aromatic nitrogens is 2. The van der Waals surface area contributed by atoms with E-state index in [9.17, 15) is 4.79 Å². The van der Waals surface area contributed by atoms with Crippen molar-refractivity contribution in [2.75, 3.05) is 12.3 Å². The lowest BCUT2D eigenvalue weighted by atomic mass is 10.1. The molecule has 4 nitrogen and oxygen atoms in total. The minimum atomic E-state index is -0.0381. The summed E-state index contributed by atoms with van der Waals surface area (Å²) in [6, 6.07) is 13.6. The van der Waals surface area contributed by atoms with Crippen molar-refractivity contribution in [2.45, 2.75) is 5.03 Å². The van der Waals surface area contributed by atoms with Crippen LogP contribution in [0.4, 0.5) is 0 Å². The van der Waals surface area contributed by atoms with Crippen LogP contribution in [-0.4, -0.2) is 28.4 Å². The van der Waals surface area contributed by atoms with Crippen LogP contribution in [0.1, 0.15) is 0 Å². The summed E-state index contributed by atoms with van der Waals surface area (Å²) in [6.45, 7) is 4.03. The molecule has 20 heavy (non-hydrogen) atoms. The average molecular weight is 285 g/mol. The van der Waals surface area contributed by atoms with Crippen LogP contribution < -0.4 is 5.32 Å². The van der Waals surface area contributed by atoms with E-state index in [1.807, 2.05) is 42.5 Å². The fourth-order valence-electron chi connectivity index (χ4n) is 1.54. The summed E-state index contributed by atoms with van der Waals surface area (Å²) in [5, 5.41) is 11.7. The molecule has 1 aromatic carbocycles. The molecule has 0 fully saturated rings. The molecule has 1 amide bonds. The van der Waals surface area contributed by atoms with Crippen LogP contribution in [0.3, 0.4) is 0 Å². The largest absolute Gasteiger partial charge is 0.352 e. The third-order valence-electron chi connectivity index (χ3n) is 2.50. The molecule has 0 radical (unpaired) electrons. The van der Waals surface area contributed by atoms with Crippen molar-refractivity contribution in [1.29, 1.82) is 0 Å². The molecule has 0 aliphatic carbocycles. The monoisotopic (exact) mass is 285 g/mol. The summed E-state index contributed by atoms with van der Waals surface area (Å²) in [5.41, 5.74) is 1.85. The minimum absolute atomic E-state index is 0.0381. The van der Waals surface area contributed by atoms with Crippen LogP contribution in [0.25, 0.3) is 11.3 Å². The smallest absolute Gasteiger partial charge is 0.230 e. The highest BCUT2D eigenvalue weighted by Gasteiger charge is 2.04. The molecule has 1 N–H and O–H groups in total. The Kier molecular flexibility index (Phi) is 5.32. The molecule has 0 spiro atoms. The van der Waals surface area contributed by atoms with Gasteiger partial charge in [0.2, 0.25) is 5.91 Å². The van der Waals surface area contributed by atoms with E-state index >= 15 is 0 Å². The first-order valence-corrected chi connectivity index (χ1v) is 7.17. The quantitative estimate of drug-likeness (QED) is 0.654. The predicted octanol–water partition coefficient (Wildman–Crippen LogP) is 2.54. The fourth-order valence-corrected chi connectivity index (χ4v) is 2.18. The second-order valence-electron chi connectivity index (χ2n) is 4.00. The van der Waals surface area contributed by atoms with Crippen molar-refractivity contribution in [3.63, 3.8) is 0 Å². The lowest BCUT2D eigenvalue weighted by molar-refractivity contribution is -0.118. The SMILES string of the molecule is C=CCNC(=O)CSc1ccc(-c2ccccc2)nn1. The molecule has 0 bridgehead atoms. The van der Waals surface area contributed by atoms with Gasteiger partial charge in [0.15, 0.2) is 0 Å². The van der Waals surface area contributed by atoms with Gasteiger partial charge in [-0.05, 0) is 12.1 Å². The van der Waals surface area contributed by atoms with Gasteiger partial charge in [0.05, 0.1) is 11.4 Å². The zero-order chi connectivity index (χ0) is 14.2. The molecule has 0 aliphatic rings. The molecule has 0 saturated heterocycles. The van der Waals surface area contributed by atoms with Gasteiger partial charge in [0, 0.05) is 12.1 Å². The van der Waals surface area contributed by atoms with E-state index in [0.29, 0.717) is 12.3 Å². The molecule has 1 aromatic heterocycles. The number of amides is 1. The van der Waals surface area contributed by atoms with Crippen molar-refractivity contribution in [2.24, 2.45) is 0 Å². The van der Waals surface area contributed by atoms with Crippen molar-refractivity contribution >= 4 is 17.7 Å². The third kappa shape index (κ3) is 4.20. The molecular weight excluding hydrogens is 270 g/mol. The number of nitrogens with one attached hydrogen (secondary N) is 1. The summed E-state index contributed by atoms with van der Waals surface area (Å²) < 4.78 is 0. The van der Waals surface area contributed by atoms with Gasteiger partial charge >= 0.3 is 0 Å². The van der Waals surface area contributed by atoms with Crippen LogP contribution in [-0.2, 0) is 4.79 Å². The molecule has 1 heterocycles. The van der Waals surface area contributed by atoms with Crippen molar-refractivity contribution in [1.82, 2.24) is 15.5 Å². The Balaban J connectivity index is 1.92. The van der Waals surface area contributed by atoms with Gasteiger partial charge in [-0.2, -0.15) is 0 Å². The Morgan fingerprint density at radius 1 is 1.20 bits per heavy atom. The van der Waals surface area contributed by atoms with Crippen LogP contribution >= 0.6 is 11.8 Å². The first kappa shape index (κ1) is 14.3. The van der Waals surface area contributed by atoms with Crippen LogP contribution in [0.2, 0.25) is 0 Å². The van der Waals surface area contributed by atoms with E-state index in [1.165, 1.54) is 11.8 Å². The number of nitrogens with zero attached hydrogens (tertiary/aromatic N) is 2. The number of rotatable bonds is 6. The predicted molar refractivity (Wildman–Crippen MR) is 81.4 cm³/mol. The summed E-state index contributed by atoms with van der Waals surface area (Å²) in [5.74, 6) is 0.288. The second kappa shape index (κ2) is 7.45.